The number of ether oxygens (including phenoxy) is 1. The fourth-order valence-electron chi connectivity index (χ4n) is 2.69. The Bertz CT molecular complexity index is 375. The summed E-state index contributed by atoms with van der Waals surface area (Å²) in [5.41, 5.74) is 2.90. The number of nitrogens with one attached hydrogen (secondary N) is 1. The molecule has 2 rings (SSSR count). The first-order chi connectivity index (χ1) is 8.86. The second kappa shape index (κ2) is 6.79. The molecule has 0 radical (unpaired) electrons. The van der Waals surface area contributed by atoms with Crippen LogP contribution in [0.15, 0.2) is 18.2 Å². The Labute approximate surface area is 111 Å². The van der Waals surface area contributed by atoms with E-state index in [1.54, 1.807) is 0 Å². The van der Waals surface area contributed by atoms with Crippen LogP contribution < -0.4 is 10.1 Å². The summed E-state index contributed by atoms with van der Waals surface area (Å²) in [6, 6.07) is 7.05. The Balaban J connectivity index is 2.17. The molecule has 1 unspecified atom stereocenters. The van der Waals surface area contributed by atoms with Crippen molar-refractivity contribution in [1.29, 1.82) is 0 Å². The van der Waals surface area contributed by atoms with E-state index in [0.29, 0.717) is 6.04 Å². The monoisotopic (exact) mass is 247 g/mol. The van der Waals surface area contributed by atoms with Crippen molar-refractivity contribution in [3.05, 3.63) is 29.3 Å². The lowest BCUT2D eigenvalue weighted by Gasteiger charge is -2.28. The van der Waals surface area contributed by atoms with Gasteiger partial charge >= 0.3 is 0 Å². The molecule has 0 saturated heterocycles. The van der Waals surface area contributed by atoms with Crippen molar-refractivity contribution in [1.82, 2.24) is 5.32 Å². The molecule has 0 amide bonds. The zero-order valence-electron chi connectivity index (χ0n) is 11.7. The van der Waals surface area contributed by atoms with E-state index in [-0.39, 0.29) is 0 Å². The van der Waals surface area contributed by atoms with Crippen LogP contribution in [0, 0.1) is 0 Å². The fraction of sp³-hybridized carbons (Fsp3) is 0.625. The van der Waals surface area contributed by atoms with E-state index in [9.17, 15) is 0 Å². The van der Waals surface area contributed by atoms with Gasteiger partial charge in [0.2, 0.25) is 0 Å². The molecular weight excluding hydrogens is 222 g/mol. The largest absolute Gasteiger partial charge is 0.493 e. The topological polar surface area (TPSA) is 21.3 Å². The number of fused-ring (bicyclic) bond motifs is 1. The van der Waals surface area contributed by atoms with E-state index >= 15 is 0 Å². The summed E-state index contributed by atoms with van der Waals surface area (Å²) in [6.45, 7) is 6.30. The van der Waals surface area contributed by atoms with E-state index in [4.69, 9.17) is 4.74 Å². The lowest BCUT2D eigenvalue weighted by molar-refractivity contribution is 0.310. The molecule has 18 heavy (non-hydrogen) atoms. The summed E-state index contributed by atoms with van der Waals surface area (Å²) >= 11 is 0. The van der Waals surface area contributed by atoms with Crippen molar-refractivity contribution in [3.8, 4) is 5.75 Å². The number of benzene rings is 1. The lowest BCUT2D eigenvalue weighted by Crippen LogP contribution is -2.26. The molecule has 1 aliphatic carbocycles. The highest BCUT2D eigenvalue weighted by Crippen LogP contribution is 2.35. The molecule has 0 aliphatic heterocycles. The molecule has 0 saturated carbocycles. The average molecular weight is 247 g/mol. The van der Waals surface area contributed by atoms with Gasteiger partial charge in [0.1, 0.15) is 5.75 Å². The molecule has 0 heterocycles. The Morgan fingerprint density at radius 1 is 1.28 bits per heavy atom. The second-order valence-corrected chi connectivity index (χ2v) is 5.07. The fourth-order valence-corrected chi connectivity index (χ4v) is 2.69. The van der Waals surface area contributed by atoms with E-state index in [1.165, 1.54) is 36.8 Å². The minimum absolute atomic E-state index is 0.527. The van der Waals surface area contributed by atoms with Gasteiger partial charge in [-0.05, 0) is 55.8 Å². The van der Waals surface area contributed by atoms with Crippen LogP contribution >= 0.6 is 0 Å². The molecule has 1 aromatic rings. The maximum atomic E-state index is 5.88. The highest BCUT2D eigenvalue weighted by molar-refractivity contribution is 5.43. The van der Waals surface area contributed by atoms with Crippen LogP contribution in [0.25, 0.3) is 0 Å². The first kappa shape index (κ1) is 13.4. The smallest absolute Gasteiger partial charge is 0.122 e. The standard InChI is InChI=1S/C16H25NO/c1-3-11-17-15-9-5-8-14-13(15)7-6-10-16(14)18-12-4-2/h6-7,10,15,17H,3-5,8-9,11-12H2,1-2H3. The van der Waals surface area contributed by atoms with Gasteiger partial charge in [-0.3, -0.25) is 0 Å². The third kappa shape index (κ3) is 3.05. The minimum Gasteiger partial charge on any atom is -0.493 e. The van der Waals surface area contributed by atoms with Crippen molar-refractivity contribution in [2.24, 2.45) is 0 Å². The van der Waals surface area contributed by atoms with Crippen molar-refractivity contribution in [3.63, 3.8) is 0 Å². The maximum Gasteiger partial charge on any atom is 0.122 e. The Morgan fingerprint density at radius 3 is 2.94 bits per heavy atom. The molecule has 0 spiro atoms. The van der Waals surface area contributed by atoms with Crippen LogP contribution in [0.4, 0.5) is 0 Å². The van der Waals surface area contributed by atoms with Crippen LogP contribution in [0.5, 0.6) is 5.75 Å². The van der Waals surface area contributed by atoms with Gasteiger partial charge in [0.05, 0.1) is 6.61 Å². The van der Waals surface area contributed by atoms with Crippen LogP contribution in [-0.4, -0.2) is 13.2 Å². The van der Waals surface area contributed by atoms with Gasteiger partial charge in [-0.2, -0.15) is 0 Å². The maximum absolute atomic E-state index is 5.88. The second-order valence-electron chi connectivity index (χ2n) is 5.07. The van der Waals surface area contributed by atoms with Crippen molar-refractivity contribution >= 4 is 0 Å². The van der Waals surface area contributed by atoms with Gasteiger partial charge in [0, 0.05) is 6.04 Å². The quantitative estimate of drug-likeness (QED) is 0.824. The molecule has 1 aromatic carbocycles. The highest BCUT2D eigenvalue weighted by atomic mass is 16.5. The molecular formula is C16H25NO. The summed E-state index contributed by atoms with van der Waals surface area (Å²) in [7, 11) is 0. The SMILES string of the molecule is CCCNC1CCCc2c(OCCC)cccc21. The minimum atomic E-state index is 0.527. The van der Waals surface area contributed by atoms with E-state index in [1.807, 2.05) is 0 Å². The van der Waals surface area contributed by atoms with Gasteiger partial charge in [-0.25, -0.2) is 0 Å². The summed E-state index contributed by atoms with van der Waals surface area (Å²) in [5.74, 6) is 1.11. The van der Waals surface area contributed by atoms with Gasteiger partial charge in [0.25, 0.3) is 0 Å². The van der Waals surface area contributed by atoms with Gasteiger partial charge < -0.3 is 10.1 Å². The summed E-state index contributed by atoms with van der Waals surface area (Å²) < 4.78 is 5.88. The molecule has 1 atom stereocenters. The summed E-state index contributed by atoms with van der Waals surface area (Å²) in [4.78, 5) is 0. The van der Waals surface area contributed by atoms with Crippen LogP contribution in [0.2, 0.25) is 0 Å². The molecule has 100 valence electrons. The molecule has 2 nitrogen and oxygen atoms in total. The average Bonchev–Trinajstić information content (AvgIpc) is 2.42. The third-order valence-corrected chi connectivity index (χ3v) is 3.57. The van der Waals surface area contributed by atoms with Crippen molar-refractivity contribution < 1.29 is 4.74 Å². The van der Waals surface area contributed by atoms with Crippen LogP contribution in [-0.2, 0) is 6.42 Å². The predicted octanol–water partition coefficient (Wildman–Crippen LogP) is 3.85. The molecule has 0 fully saturated rings. The highest BCUT2D eigenvalue weighted by Gasteiger charge is 2.21. The molecule has 0 aromatic heterocycles. The zero-order valence-corrected chi connectivity index (χ0v) is 11.7. The number of rotatable bonds is 6. The van der Waals surface area contributed by atoms with E-state index in [2.05, 4.69) is 37.4 Å². The van der Waals surface area contributed by atoms with Gasteiger partial charge in [-0.15, -0.1) is 0 Å². The molecule has 1 N–H and O–H groups in total. The summed E-state index contributed by atoms with van der Waals surface area (Å²) in [6.07, 6.45) is 5.95. The predicted molar refractivity (Wildman–Crippen MR) is 76.2 cm³/mol. The van der Waals surface area contributed by atoms with Crippen LogP contribution in [0.1, 0.15) is 56.7 Å². The number of hydrogen-bond donors (Lipinski definition) is 1. The van der Waals surface area contributed by atoms with Crippen molar-refractivity contribution in [2.75, 3.05) is 13.2 Å². The zero-order chi connectivity index (χ0) is 12.8. The Kier molecular flexibility index (Phi) is 5.06. The van der Waals surface area contributed by atoms with E-state index in [0.717, 1.165) is 25.3 Å². The Hall–Kier alpha value is -1.02. The Morgan fingerprint density at radius 2 is 2.17 bits per heavy atom. The van der Waals surface area contributed by atoms with Gasteiger partial charge in [-0.1, -0.05) is 26.0 Å². The normalized spacial score (nSPS) is 18.4. The molecule has 2 heteroatoms. The first-order valence-electron chi connectivity index (χ1n) is 7.34. The lowest BCUT2D eigenvalue weighted by atomic mass is 9.87. The third-order valence-electron chi connectivity index (χ3n) is 3.57. The van der Waals surface area contributed by atoms with Crippen molar-refractivity contribution in [2.45, 2.75) is 52.0 Å². The van der Waals surface area contributed by atoms with E-state index < -0.39 is 0 Å². The van der Waals surface area contributed by atoms with Crippen LogP contribution in [0.3, 0.4) is 0 Å². The molecule has 0 bridgehead atoms. The summed E-state index contributed by atoms with van der Waals surface area (Å²) in [5, 5.41) is 3.66. The number of hydrogen-bond acceptors (Lipinski definition) is 2. The molecule has 1 aliphatic rings. The first-order valence-corrected chi connectivity index (χ1v) is 7.34. The van der Waals surface area contributed by atoms with Gasteiger partial charge in [0.15, 0.2) is 0 Å².